The number of carbonyl (C=O) groups is 1. The minimum Gasteiger partial charge on any atom is -0.486 e. The summed E-state index contributed by atoms with van der Waals surface area (Å²) in [5, 5.41) is 5.61. The minimum atomic E-state index is -0.267. The number of benzene rings is 2. The van der Waals surface area contributed by atoms with Crippen LogP contribution in [-0.2, 0) is 6.42 Å². The molecule has 0 unspecified atom stereocenters. The molecule has 0 atom stereocenters. The van der Waals surface area contributed by atoms with E-state index in [0.717, 1.165) is 17.1 Å². The summed E-state index contributed by atoms with van der Waals surface area (Å²) in [5.74, 6) is 2.84. The molecule has 2 amide bonds. The van der Waals surface area contributed by atoms with Crippen molar-refractivity contribution < 1.29 is 23.7 Å². The van der Waals surface area contributed by atoms with Crippen molar-refractivity contribution >= 4 is 11.7 Å². The van der Waals surface area contributed by atoms with Crippen LogP contribution in [0.3, 0.4) is 0 Å². The molecule has 0 aliphatic carbocycles. The highest BCUT2D eigenvalue weighted by atomic mass is 16.7. The molecule has 2 aromatic rings. The molecule has 130 valence electrons. The molecule has 2 aliphatic rings. The predicted molar refractivity (Wildman–Crippen MR) is 90.7 cm³/mol. The Labute approximate surface area is 144 Å². The fourth-order valence-electron chi connectivity index (χ4n) is 2.71. The van der Waals surface area contributed by atoms with Gasteiger partial charge < -0.3 is 29.6 Å². The van der Waals surface area contributed by atoms with Gasteiger partial charge in [0.2, 0.25) is 6.79 Å². The highest BCUT2D eigenvalue weighted by Gasteiger charge is 2.14. The van der Waals surface area contributed by atoms with Crippen molar-refractivity contribution in [1.29, 1.82) is 0 Å². The second-order valence-corrected chi connectivity index (χ2v) is 5.68. The molecule has 0 radical (unpaired) electrons. The second-order valence-electron chi connectivity index (χ2n) is 5.68. The number of fused-ring (bicyclic) bond motifs is 2. The van der Waals surface area contributed by atoms with Gasteiger partial charge in [-0.05, 0) is 36.2 Å². The standard InChI is InChI=1S/C18H18N2O5/c21-18(20-13-2-4-15-17(10-13)25-11-24-15)19-6-5-12-1-3-14-16(9-12)23-8-7-22-14/h1-4,9-10H,5-8,11H2,(H2,19,20,21). The zero-order valence-electron chi connectivity index (χ0n) is 13.5. The van der Waals surface area contributed by atoms with Gasteiger partial charge in [0.05, 0.1) is 0 Å². The Bertz CT molecular complexity index is 793. The monoisotopic (exact) mass is 342 g/mol. The second kappa shape index (κ2) is 6.80. The number of urea groups is 1. The Morgan fingerprint density at radius 2 is 1.60 bits per heavy atom. The lowest BCUT2D eigenvalue weighted by atomic mass is 10.1. The zero-order valence-corrected chi connectivity index (χ0v) is 13.5. The normalized spacial score (nSPS) is 14.1. The maximum absolute atomic E-state index is 12.0. The third-order valence-corrected chi connectivity index (χ3v) is 3.94. The molecule has 0 saturated carbocycles. The Morgan fingerprint density at radius 3 is 2.52 bits per heavy atom. The molecule has 7 heteroatoms. The van der Waals surface area contributed by atoms with Crippen molar-refractivity contribution in [3.63, 3.8) is 0 Å². The average Bonchev–Trinajstić information content (AvgIpc) is 3.09. The van der Waals surface area contributed by atoms with Crippen LogP contribution in [0.1, 0.15) is 5.56 Å². The summed E-state index contributed by atoms with van der Waals surface area (Å²) < 4.78 is 21.6. The Morgan fingerprint density at radius 1 is 0.880 bits per heavy atom. The first-order valence-corrected chi connectivity index (χ1v) is 8.11. The Hall–Kier alpha value is -3.09. The number of nitrogens with one attached hydrogen (secondary N) is 2. The maximum Gasteiger partial charge on any atom is 0.319 e. The molecular weight excluding hydrogens is 324 g/mol. The Kier molecular flexibility index (Phi) is 4.20. The lowest BCUT2D eigenvalue weighted by molar-refractivity contribution is 0.171. The fourth-order valence-corrected chi connectivity index (χ4v) is 2.71. The van der Waals surface area contributed by atoms with Crippen molar-refractivity contribution in [2.24, 2.45) is 0 Å². The fraction of sp³-hybridized carbons (Fsp3) is 0.278. The van der Waals surface area contributed by atoms with E-state index in [1.54, 1.807) is 18.2 Å². The summed E-state index contributed by atoms with van der Waals surface area (Å²) in [6.07, 6.45) is 0.700. The topological polar surface area (TPSA) is 78.1 Å². The van der Waals surface area contributed by atoms with Crippen LogP contribution in [0.2, 0.25) is 0 Å². The first kappa shape index (κ1) is 15.4. The molecule has 2 aromatic carbocycles. The highest BCUT2D eigenvalue weighted by Crippen LogP contribution is 2.34. The van der Waals surface area contributed by atoms with Crippen LogP contribution in [0.5, 0.6) is 23.0 Å². The lowest BCUT2D eigenvalue weighted by Crippen LogP contribution is -2.30. The van der Waals surface area contributed by atoms with E-state index in [4.69, 9.17) is 18.9 Å². The minimum absolute atomic E-state index is 0.209. The molecule has 0 spiro atoms. The van der Waals surface area contributed by atoms with Gasteiger partial charge in [0, 0.05) is 18.3 Å². The van der Waals surface area contributed by atoms with Gasteiger partial charge in [0.15, 0.2) is 23.0 Å². The summed E-state index contributed by atoms with van der Waals surface area (Å²) in [4.78, 5) is 12.0. The van der Waals surface area contributed by atoms with E-state index in [9.17, 15) is 4.79 Å². The summed E-state index contributed by atoms with van der Waals surface area (Å²) in [5.41, 5.74) is 1.73. The largest absolute Gasteiger partial charge is 0.486 e. The van der Waals surface area contributed by atoms with E-state index in [1.165, 1.54) is 0 Å². The van der Waals surface area contributed by atoms with E-state index in [-0.39, 0.29) is 12.8 Å². The van der Waals surface area contributed by atoms with Crippen molar-refractivity contribution in [3.8, 4) is 23.0 Å². The molecule has 0 saturated heterocycles. The van der Waals surface area contributed by atoms with E-state index < -0.39 is 0 Å². The van der Waals surface area contributed by atoms with Crippen LogP contribution in [0, 0.1) is 0 Å². The van der Waals surface area contributed by atoms with Crippen LogP contribution in [0.4, 0.5) is 10.5 Å². The van der Waals surface area contributed by atoms with Gasteiger partial charge >= 0.3 is 6.03 Å². The number of hydrogen-bond donors (Lipinski definition) is 2. The van der Waals surface area contributed by atoms with Crippen molar-refractivity contribution in [3.05, 3.63) is 42.0 Å². The predicted octanol–water partition coefficient (Wildman–Crippen LogP) is 2.55. The first-order valence-electron chi connectivity index (χ1n) is 8.11. The molecule has 0 bridgehead atoms. The van der Waals surface area contributed by atoms with Crippen molar-refractivity contribution in [2.45, 2.75) is 6.42 Å². The molecule has 2 N–H and O–H groups in total. The maximum atomic E-state index is 12.0. The first-order chi connectivity index (χ1) is 12.3. The van der Waals surface area contributed by atoms with E-state index in [0.29, 0.717) is 43.4 Å². The third kappa shape index (κ3) is 3.55. The van der Waals surface area contributed by atoms with Crippen molar-refractivity contribution in [1.82, 2.24) is 5.32 Å². The summed E-state index contributed by atoms with van der Waals surface area (Å²) >= 11 is 0. The van der Waals surface area contributed by atoms with E-state index in [2.05, 4.69) is 10.6 Å². The highest BCUT2D eigenvalue weighted by molar-refractivity contribution is 5.89. The van der Waals surface area contributed by atoms with Crippen LogP contribution in [0.25, 0.3) is 0 Å². The summed E-state index contributed by atoms with van der Waals surface area (Å²) in [7, 11) is 0. The van der Waals surface area contributed by atoms with Gasteiger partial charge in [0.1, 0.15) is 13.2 Å². The van der Waals surface area contributed by atoms with Gasteiger partial charge in [-0.25, -0.2) is 4.79 Å². The zero-order chi connectivity index (χ0) is 17.1. The lowest BCUT2D eigenvalue weighted by Gasteiger charge is -2.18. The number of carbonyl (C=O) groups excluding carboxylic acids is 1. The van der Waals surface area contributed by atoms with E-state index in [1.807, 2.05) is 18.2 Å². The SMILES string of the molecule is O=C(NCCc1ccc2c(c1)OCCO2)Nc1ccc2c(c1)OCO2. The van der Waals surface area contributed by atoms with Gasteiger partial charge in [-0.1, -0.05) is 6.07 Å². The summed E-state index contributed by atoms with van der Waals surface area (Å²) in [6.45, 7) is 1.86. The Balaban J connectivity index is 1.27. The van der Waals surface area contributed by atoms with E-state index >= 15 is 0 Å². The van der Waals surface area contributed by atoms with Gasteiger partial charge in [0.25, 0.3) is 0 Å². The van der Waals surface area contributed by atoms with Crippen LogP contribution < -0.4 is 29.6 Å². The smallest absolute Gasteiger partial charge is 0.319 e. The average molecular weight is 342 g/mol. The molecule has 0 fully saturated rings. The number of anilines is 1. The number of amides is 2. The summed E-state index contributed by atoms with van der Waals surface area (Å²) in [6, 6.07) is 10.8. The molecule has 7 nitrogen and oxygen atoms in total. The molecule has 4 rings (SSSR count). The number of hydrogen-bond acceptors (Lipinski definition) is 5. The third-order valence-electron chi connectivity index (χ3n) is 3.94. The number of rotatable bonds is 4. The molecular formula is C18H18N2O5. The van der Waals surface area contributed by atoms with Crippen LogP contribution >= 0.6 is 0 Å². The molecule has 2 aliphatic heterocycles. The van der Waals surface area contributed by atoms with Crippen LogP contribution in [0.15, 0.2) is 36.4 Å². The quantitative estimate of drug-likeness (QED) is 0.893. The number of ether oxygens (including phenoxy) is 4. The van der Waals surface area contributed by atoms with Crippen LogP contribution in [-0.4, -0.2) is 32.6 Å². The molecule has 25 heavy (non-hydrogen) atoms. The van der Waals surface area contributed by atoms with Gasteiger partial charge in [-0.15, -0.1) is 0 Å². The van der Waals surface area contributed by atoms with Crippen molar-refractivity contribution in [2.75, 3.05) is 31.9 Å². The van der Waals surface area contributed by atoms with Gasteiger partial charge in [-0.2, -0.15) is 0 Å². The molecule has 2 heterocycles. The molecule has 0 aromatic heterocycles. The van der Waals surface area contributed by atoms with Gasteiger partial charge in [-0.3, -0.25) is 0 Å².